The smallest absolute Gasteiger partial charge is 0.361 e. The van der Waals surface area contributed by atoms with Crippen LogP contribution < -0.4 is 0 Å². The second-order valence-corrected chi connectivity index (χ2v) is 24.8. The number of quaternary nitrogens is 1. The molecule has 0 aliphatic heterocycles. The number of nitrogens with zero attached hydrogens (tertiary/aromatic N) is 1. The fraction of sp³-hybridized carbons (Fsp3) is 0.662. The molecule has 506 valence electrons. The number of carboxylic acids is 1. The second-order valence-electron chi connectivity index (χ2n) is 24.8. The third-order valence-corrected chi connectivity index (χ3v) is 15.1. The number of unbranched alkanes of at least 4 members (excludes halogenated alkanes) is 26. The summed E-state index contributed by atoms with van der Waals surface area (Å²) in [4.78, 5) is 37.6. The van der Waals surface area contributed by atoms with Crippen molar-refractivity contribution in [3.8, 4) is 0 Å². The standard InChI is InChI=1S/C80H133NO8/c1-6-8-10-12-14-16-18-20-22-24-26-28-30-32-34-35-36-37-38-39-40-41-42-43-45-46-48-50-52-54-56-58-60-62-64-66-68-70-77(82)87-74-76(75-88-80(79(84)85)86-73-72-81(3,4)5)89-78(83)71-69-67-65-63-61-59-57-55-53-51-49-47-44-33-31-29-27-25-23-21-19-17-15-13-11-9-7-2/h8-11,14-17,20-23,26-29,33,44,49,51,55,57,61,63,76,80H,6-7,12-13,18-19,24-25,30-32,34-43,45-48,50,52-54,56,58-60,62,64-75H2,1-5H3/p+1/b10-8-,11-9-,16-14-,17-15-,22-20-,23-21-,28-26-,29-27-,44-33-,51-49-,57-55-,63-61-. The highest BCUT2D eigenvalue weighted by Crippen LogP contribution is 2.17. The molecule has 9 heteroatoms. The van der Waals surface area contributed by atoms with Gasteiger partial charge in [0.05, 0.1) is 34.4 Å². The highest BCUT2D eigenvalue weighted by molar-refractivity contribution is 5.71. The Bertz CT molecular complexity index is 1970. The number of likely N-dealkylation sites (N-methyl/N-ethyl adjacent to an activating group) is 1. The Kier molecular flexibility index (Phi) is 65.3. The zero-order chi connectivity index (χ0) is 64.7. The van der Waals surface area contributed by atoms with Crippen molar-refractivity contribution in [1.82, 2.24) is 0 Å². The Balaban J connectivity index is 4.13. The molecule has 0 fully saturated rings. The second kappa shape index (κ2) is 69.1. The molecule has 0 bridgehead atoms. The topological polar surface area (TPSA) is 108 Å². The molecule has 0 aromatic carbocycles. The van der Waals surface area contributed by atoms with E-state index in [0.717, 1.165) is 109 Å². The predicted octanol–water partition coefficient (Wildman–Crippen LogP) is 22.7. The fourth-order valence-electron chi connectivity index (χ4n) is 9.67. The van der Waals surface area contributed by atoms with Crippen molar-refractivity contribution < 1.29 is 42.9 Å². The third-order valence-electron chi connectivity index (χ3n) is 15.1. The molecule has 0 radical (unpaired) electrons. The van der Waals surface area contributed by atoms with Gasteiger partial charge in [-0.3, -0.25) is 9.59 Å². The van der Waals surface area contributed by atoms with Gasteiger partial charge in [-0.05, 0) is 116 Å². The summed E-state index contributed by atoms with van der Waals surface area (Å²) in [6.07, 6.45) is 98.4. The summed E-state index contributed by atoms with van der Waals surface area (Å²) in [5, 5.41) is 9.75. The van der Waals surface area contributed by atoms with Crippen LogP contribution in [0.25, 0.3) is 0 Å². The third kappa shape index (κ3) is 70.5. The van der Waals surface area contributed by atoms with Gasteiger partial charge in [0.15, 0.2) is 6.10 Å². The molecule has 0 rings (SSSR count). The molecular formula is C80H134NO8+. The predicted molar refractivity (Wildman–Crippen MR) is 382 cm³/mol. The maximum Gasteiger partial charge on any atom is 0.361 e. The van der Waals surface area contributed by atoms with Crippen LogP contribution in [0.4, 0.5) is 0 Å². The molecule has 0 saturated carbocycles. The van der Waals surface area contributed by atoms with Crippen LogP contribution in [0.5, 0.6) is 0 Å². The van der Waals surface area contributed by atoms with Crippen LogP contribution in [0.1, 0.15) is 284 Å². The van der Waals surface area contributed by atoms with Crippen molar-refractivity contribution in [2.24, 2.45) is 0 Å². The highest BCUT2D eigenvalue weighted by Gasteiger charge is 2.25. The van der Waals surface area contributed by atoms with Gasteiger partial charge in [0.1, 0.15) is 13.2 Å². The maximum atomic E-state index is 12.9. The van der Waals surface area contributed by atoms with Crippen LogP contribution in [0, 0.1) is 0 Å². The monoisotopic (exact) mass is 1240 g/mol. The van der Waals surface area contributed by atoms with Crippen molar-refractivity contribution in [2.75, 3.05) is 47.5 Å². The first-order valence-corrected chi connectivity index (χ1v) is 36.0. The van der Waals surface area contributed by atoms with Crippen LogP contribution >= 0.6 is 0 Å². The summed E-state index contributed by atoms with van der Waals surface area (Å²) in [6, 6.07) is 0. The summed E-state index contributed by atoms with van der Waals surface area (Å²) in [5.41, 5.74) is 0. The van der Waals surface area contributed by atoms with Crippen molar-refractivity contribution >= 4 is 17.9 Å². The largest absolute Gasteiger partial charge is 0.477 e. The van der Waals surface area contributed by atoms with Gasteiger partial charge >= 0.3 is 17.9 Å². The van der Waals surface area contributed by atoms with Gasteiger partial charge in [-0.1, -0.05) is 301 Å². The van der Waals surface area contributed by atoms with E-state index in [1.54, 1.807) is 0 Å². The summed E-state index contributed by atoms with van der Waals surface area (Å²) < 4.78 is 22.9. The number of hydrogen-bond acceptors (Lipinski definition) is 7. The quantitative estimate of drug-likeness (QED) is 0.0211. The van der Waals surface area contributed by atoms with E-state index < -0.39 is 24.3 Å². The minimum Gasteiger partial charge on any atom is -0.477 e. The SMILES string of the molecule is CC/C=C\C/C=C\C/C=C\C/C=C\C/C=C\C/C=C\C/C=C\C/C=C\CCCCC(=O)OC(COC(=O)CCCCCCCCCCCCCCCCCCCCCCCCCC/C=C\C/C=C\C/C=C\C/C=C\CC)COC(OCC[N+](C)(C)C)C(=O)O. The molecule has 0 amide bonds. The Labute approximate surface area is 547 Å². The molecule has 9 nitrogen and oxygen atoms in total. The number of allylic oxidation sites excluding steroid dienone is 24. The van der Waals surface area contributed by atoms with E-state index in [1.165, 1.54) is 141 Å². The van der Waals surface area contributed by atoms with Crippen molar-refractivity contribution in [3.05, 3.63) is 146 Å². The van der Waals surface area contributed by atoms with Crippen molar-refractivity contribution in [3.63, 3.8) is 0 Å². The van der Waals surface area contributed by atoms with E-state index in [0.29, 0.717) is 17.4 Å². The van der Waals surface area contributed by atoms with Crippen molar-refractivity contribution in [2.45, 2.75) is 296 Å². The van der Waals surface area contributed by atoms with Crippen LogP contribution in [-0.2, 0) is 33.3 Å². The molecule has 0 heterocycles. The Morgan fingerprint density at radius 2 is 0.607 bits per heavy atom. The molecule has 0 aromatic heterocycles. The molecule has 2 unspecified atom stereocenters. The number of aliphatic carboxylic acids is 1. The molecule has 0 spiro atoms. The number of carbonyl (C=O) groups is 3. The number of rotatable bonds is 65. The van der Waals surface area contributed by atoms with Crippen molar-refractivity contribution in [1.29, 1.82) is 0 Å². The molecule has 0 saturated heterocycles. The molecule has 0 aromatic rings. The summed E-state index contributed by atoms with van der Waals surface area (Å²) in [5.74, 6) is -2.07. The number of carbonyl (C=O) groups excluding carboxylic acids is 2. The van der Waals surface area contributed by atoms with Gasteiger partial charge in [-0.25, -0.2) is 4.79 Å². The van der Waals surface area contributed by atoms with E-state index in [1.807, 2.05) is 21.1 Å². The van der Waals surface area contributed by atoms with E-state index in [4.69, 9.17) is 18.9 Å². The number of esters is 2. The zero-order valence-corrected chi connectivity index (χ0v) is 57.8. The lowest BCUT2D eigenvalue weighted by molar-refractivity contribution is -0.870. The first-order chi connectivity index (χ1) is 43.6. The lowest BCUT2D eigenvalue weighted by Gasteiger charge is -2.25. The zero-order valence-electron chi connectivity index (χ0n) is 57.8. The molecular weight excluding hydrogens is 1100 g/mol. The fourth-order valence-corrected chi connectivity index (χ4v) is 9.67. The van der Waals surface area contributed by atoms with Gasteiger partial charge < -0.3 is 28.5 Å². The van der Waals surface area contributed by atoms with Gasteiger partial charge in [-0.2, -0.15) is 0 Å². The normalized spacial score (nSPS) is 13.6. The molecule has 0 aliphatic carbocycles. The summed E-state index contributed by atoms with van der Waals surface area (Å²) >= 11 is 0. The molecule has 2 atom stereocenters. The van der Waals surface area contributed by atoms with E-state index in [2.05, 4.69) is 160 Å². The van der Waals surface area contributed by atoms with Gasteiger partial charge in [0, 0.05) is 12.8 Å². The Morgan fingerprint density at radius 1 is 0.337 bits per heavy atom. The molecule has 0 aliphatic rings. The number of ether oxygens (including phenoxy) is 4. The van der Waals surface area contributed by atoms with E-state index >= 15 is 0 Å². The van der Waals surface area contributed by atoms with Gasteiger partial charge in [-0.15, -0.1) is 0 Å². The lowest BCUT2D eigenvalue weighted by atomic mass is 10.0. The van der Waals surface area contributed by atoms with E-state index in [-0.39, 0.29) is 38.6 Å². The minimum atomic E-state index is -1.53. The highest BCUT2D eigenvalue weighted by atomic mass is 16.7. The van der Waals surface area contributed by atoms with Crippen LogP contribution in [0.2, 0.25) is 0 Å². The maximum absolute atomic E-state index is 12.9. The van der Waals surface area contributed by atoms with Gasteiger partial charge in [0.25, 0.3) is 6.29 Å². The first-order valence-electron chi connectivity index (χ1n) is 36.0. The summed E-state index contributed by atoms with van der Waals surface area (Å²) in [7, 11) is 5.96. The van der Waals surface area contributed by atoms with E-state index in [9.17, 15) is 19.5 Å². The molecule has 89 heavy (non-hydrogen) atoms. The Morgan fingerprint density at radius 3 is 0.921 bits per heavy atom. The number of hydrogen-bond donors (Lipinski definition) is 1. The molecule has 1 N–H and O–H groups in total. The Hall–Kier alpha value is -4.83. The van der Waals surface area contributed by atoms with Crippen LogP contribution in [-0.4, -0.2) is 87.4 Å². The van der Waals surface area contributed by atoms with Gasteiger partial charge in [0.2, 0.25) is 0 Å². The van der Waals surface area contributed by atoms with Crippen LogP contribution in [0.15, 0.2) is 146 Å². The van der Waals surface area contributed by atoms with Crippen LogP contribution in [0.3, 0.4) is 0 Å². The first kappa shape index (κ1) is 84.2. The average molecular weight is 1240 g/mol. The lowest BCUT2D eigenvalue weighted by Crippen LogP contribution is -2.40. The summed E-state index contributed by atoms with van der Waals surface area (Å²) in [6.45, 7) is 4.61. The number of carboxylic acid groups (broad SMARTS) is 1. The minimum absolute atomic E-state index is 0.173. The average Bonchev–Trinajstić information content (AvgIpc) is 3.64.